The molecule has 0 aliphatic heterocycles. The predicted octanol–water partition coefficient (Wildman–Crippen LogP) is 3.54. The van der Waals surface area contributed by atoms with Crippen molar-refractivity contribution >= 4 is 9.84 Å². The highest BCUT2D eigenvalue weighted by Crippen LogP contribution is 2.38. The van der Waals surface area contributed by atoms with Crippen LogP contribution in [0.25, 0.3) is 0 Å². The maximum Gasteiger partial charge on any atom is 0.417 e. The lowest BCUT2D eigenvalue weighted by Gasteiger charge is -2.18. The summed E-state index contributed by atoms with van der Waals surface area (Å²) in [6.45, 7) is 5.03. The highest BCUT2D eigenvalue weighted by molar-refractivity contribution is 7.90. The van der Waals surface area contributed by atoms with E-state index in [0.717, 1.165) is 12.3 Å². The van der Waals surface area contributed by atoms with Crippen LogP contribution in [0.3, 0.4) is 0 Å². The summed E-state index contributed by atoms with van der Waals surface area (Å²) in [6.07, 6.45) is -3.87. The third kappa shape index (κ3) is 2.85. The first-order chi connectivity index (χ1) is 7.96. The molecule has 0 spiro atoms. The molecule has 0 radical (unpaired) electrons. The zero-order valence-electron chi connectivity index (χ0n) is 10.6. The first kappa shape index (κ1) is 15.0. The molecule has 0 atom stereocenters. The van der Waals surface area contributed by atoms with E-state index in [1.807, 2.05) is 13.8 Å². The van der Waals surface area contributed by atoms with Crippen LogP contribution in [0, 0.1) is 6.92 Å². The van der Waals surface area contributed by atoms with E-state index >= 15 is 0 Å². The van der Waals surface area contributed by atoms with Crippen molar-refractivity contribution in [2.75, 3.05) is 6.26 Å². The molecule has 2 nitrogen and oxygen atoms in total. The fourth-order valence-electron chi connectivity index (χ4n) is 2.03. The summed E-state index contributed by atoms with van der Waals surface area (Å²) in [4.78, 5) is -0.610. The molecule has 0 amide bonds. The van der Waals surface area contributed by atoms with Gasteiger partial charge < -0.3 is 0 Å². The quantitative estimate of drug-likeness (QED) is 0.830. The molecule has 1 aromatic carbocycles. The van der Waals surface area contributed by atoms with Gasteiger partial charge >= 0.3 is 6.18 Å². The van der Waals surface area contributed by atoms with Crippen molar-refractivity contribution in [3.8, 4) is 0 Å². The number of sulfone groups is 1. The topological polar surface area (TPSA) is 34.1 Å². The molecule has 0 aliphatic carbocycles. The van der Waals surface area contributed by atoms with Gasteiger partial charge in [0.2, 0.25) is 0 Å². The lowest BCUT2D eigenvalue weighted by molar-refractivity contribution is -0.139. The highest BCUT2D eigenvalue weighted by Gasteiger charge is 2.37. The van der Waals surface area contributed by atoms with Crippen LogP contribution in [0.15, 0.2) is 17.0 Å². The van der Waals surface area contributed by atoms with E-state index in [4.69, 9.17) is 0 Å². The Morgan fingerprint density at radius 2 is 1.67 bits per heavy atom. The number of alkyl halides is 3. The Kier molecular flexibility index (Phi) is 3.81. The number of halogens is 3. The van der Waals surface area contributed by atoms with E-state index in [9.17, 15) is 21.6 Å². The average molecular weight is 280 g/mol. The van der Waals surface area contributed by atoms with E-state index in [1.165, 1.54) is 13.0 Å². The zero-order chi connectivity index (χ0) is 14.3. The maximum atomic E-state index is 12.8. The molecule has 0 unspecified atom stereocenters. The van der Waals surface area contributed by atoms with Gasteiger partial charge in [0.15, 0.2) is 9.84 Å². The van der Waals surface area contributed by atoms with E-state index in [2.05, 4.69) is 0 Å². The van der Waals surface area contributed by atoms with E-state index in [1.54, 1.807) is 0 Å². The normalized spacial score (nSPS) is 13.1. The van der Waals surface area contributed by atoms with Crippen molar-refractivity contribution in [1.82, 2.24) is 0 Å². The van der Waals surface area contributed by atoms with Crippen LogP contribution in [-0.2, 0) is 16.0 Å². The van der Waals surface area contributed by atoms with Crippen LogP contribution in [0.1, 0.15) is 36.5 Å². The Hall–Kier alpha value is -1.04. The van der Waals surface area contributed by atoms with Crippen molar-refractivity contribution in [3.63, 3.8) is 0 Å². The smallest absolute Gasteiger partial charge is 0.224 e. The van der Waals surface area contributed by atoms with Crippen LogP contribution in [0.5, 0.6) is 0 Å². The molecule has 18 heavy (non-hydrogen) atoms. The standard InChI is InChI=1S/C12H15F3O2S/c1-7(2)9-5-6-10(12(13,14)15)11(8(9)3)18(4,16)17/h5-7H,1-4H3. The molecule has 1 rings (SSSR count). The average Bonchev–Trinajstić information content (AvgIpc) is 2.12. The Balaban J connectivity index is 3.75. The summed E-state index contributed by atoms with van der Waals surface area (Å²) in [5.41, 5.74) is -0.294. The van der Waals surface area contributed by atoms with Crippen LogP contribution >= 0.6 is 0 Å². The number of rotatable bonds is 2. The van der Waals surface area contributed by atoms with E-state index < -0.39 is 26.5 Å². The van der Waals surface area contributed by atoms with Gasteiger partial charge in [0.05, 0.1) is 10.5 Å². The number of hydrogen-bond acceptors (Lipinski definition) is 2. The Bertz CT molecular complexity index is 557. The summed E-state index contributed by atoms with van der Waals surface area (Å²) in [5.74, 6) is -0.0345. The fraction of sp³-hybridized carbons (Fsp3) is 0.500. The summed E-state index contributed by atoms with van der Waals surface area (Å²) < 4.78 is 61.7. The van der Waals surface area contributed by atoms with Crippen molar-refractivity contribution < 1.29 is 21.6 Å². The monoisotopic (exact) mass is 280 g/mol. The van der Waals surface area contributed by atoms with Gasteiger partial charge in [0.1, 0.15) is 0 Å². The number of hydrogen-bond donors (Lipinski definition) is 0. The molecule has 0 aliphatic rings. The van der Waals surface area contributed by atoms with Crippen molar-refractivity contribution in [3.05, 3.63) is 28.8 Å². The number of benzene rings is 1. The molecule has 102 valence electrons. The molecular formula is C12H15F3O2S. The van der Waals surface area contributed by atoms with E-state index in [0.29, 0.717) is 5.56 Å². The van der Waals surface area contributed by atoms with Crippen LogP contribution in [0.4, 0.5) is 13.2 Å². The first-order valence-electron chi connectivity index (χ1n) is 5.37. The van der Waals surface area contributed by atoms with Gasteiger partial charge in [-0.05, 0) is 30.0 Å². The van der Waals surface area contributed by atoms with Crippen LogP contribution < -0.4 is 0 Å². The summed E-state index contributed by atoms with van der Waals surface area (Å²) in [5, 5.41) is 0. The van der Waals surface area contributed by atoms with Gasteiger partial charge in [-0.1, -0.05) is 19.9 Å². The van der Waals surface area contributed by atoms with Gasteiger partial charge in [0, 0.05) is 6.26 Å². The van der Waals surface area contributed by atoms with Crippen LogP contribution in [-0.4, -0.2) is 14.7 Å². The first-order valence-corrected chi connectivity index (χ1v) is 7.26. The van der Waals surface area contributed by atoms with Gasteiger partial charge in [-0.15, -0.1) is 0 Å². The van der Waals surface area contributed by atoms with Gasteiger partial charge in [-0.3, -0.25) is 0 Å². The van der Waals surface area contributed by atoms with Crippen LogP contribution in [0.2, 0.25) is 0 Å². The molecule has 0 saturated heterocycles. The molecule has 1 aromatic rings. The SMILES string of the molecule is Cc1c(C(C)C)ccc(C(F)(F)F)c1S(C)(=O)=O. The minimum atomic E-state index is -4.67. The minimum absolute atomic E-state index is 0.0345. The second-order valence-electron chi connectivity index (χ2n) is 4.58. The molecule has 6 heteroatoms. The van der Waals surface area contributed by atoms with Crippen molar-refractivity contribution in [2.24, 2.45) is 0 Å². The fourth-order valence-corrected chi connectivity index (χ4v) is 3.29. The third-order valence-corrected chi connectivity index (χ3v) is 4.01. The molecule has 0 N–H and O–H groups in total. The summed E-state index contributed by atoms with van der Waals surface area (Å²) in [7, 11) is -3.92. The third-order valence-electron chi connectivity index (χ3n) is 2.75. The summed E-state index contributed by atoms with van der Waals surface area (Å²) >= 11 is 0. The second kappa shape index (κ2) is 4.57. The Labute approximate surface area is 105 Å². The van der Waals surface area contributed by atoms with Crippen molar-refractivity contribution in [1.29, 1.82) is 0 Å². The lowest BCUT2D eigenvalue weighted by Crippen LogP contribution is -2.15. The molecule has 0 aromatic heterocycles. The Morgan fingerprint density at radius 1 is 1.17 bits per heavy atom. The lowest BCUT2D eigenvalue weighted by atomic mass is 9.96. The minimum Gasteiger partial charge on any atom is -0.224 e. The van der Waals surface area contributed by atoms with E-state index in [-0.39, 0.29) is 11.5 Å². The summed E-state index contributed by atoms with van der Waals surface area (Å²) in [6, 6.07) is 2.19. The molecular weight excluding hydrogens is 265 g/mol. The van der Waals surface area contributed by atoms with Gasteiger partial charge in [-0.2, -0.15) is 13.2 Å². The van der Waals surface area contributed by atoms with Crippen molar-refractivity contribution in [2.45, 2.75) is 37.8 Å². The largest absolute Gasteiger partial charge is 0.417 e. The zero-order valence-corrected chi connectivity index (χ0v) is 11.4. The highest BCUT2D eigenvalue weighted by atomic mass is 32.2. The van der Waals surface area contributed by atoms with Gasteiger partial charge in [0.25, 0.3) is 0 Å². The van der Waals surface area contributed by atoms with Gasteiger partial charge in [-0.25, -0.2) is 8.42 Å². The maximum absolute atomic E-state index is 12.8. The molecule has 0 heterocycles. The Morgan fingerprint density at radius 3 is 2.00 bits per heavy atom. The molecule has 0 saturated carbocycles. The predicted molar refractivity (Wildman–Crippen MR) is 63.4 cm³/mol. The molecule has 0 fully saturated rings. The molecule has 0 bridgehead atoms. The second-order valence-corrected chi connectivity index (χ2v) is 6.53.